The highest BCUT2D eigenvalue weighted by molar-refractivity contribution is 5.84. The molecule has 10 heavy (non-hydrogen) atoms. The maximum Gasteiger partial charge on any atom is 0.151 e. The number of rotatable bonds is 4. The topological polar surface area (TPSA) is 69.1 Å². The molecule has 0 heterocycles. The van der Waals surface area contributed by atoms with Crippen molar-refractivity contribution in [2.45, 2.75) is 26.3 Å². The van der Waals surface area contributed by atoms with Gasteiger partial charge in [-0.05, 0) is 5.92 Å². The van der Waals surface area contributed by atoms with Crippen LogP contribution in [0, 0.1) is 5.92 Å². The standard InChI is InChI=1S/C7H16N2O/c1-5(2)3-7(10)6(9)4-8/h5-6H,3-4,8-9H2,1-2H3/t6-/m1/s1. The molecule has 60 valence electrons. The van der Waals surface area contributed by atoms with Crippen molar-refractivity contribution in [2.75, 3.05) is 6.54 Å². The average Bonchev–Trinajstić information content (AvgIpc) is 1.85. The molecule has 0 aliphatic heterocycles. The molecule has 0 bridgehead atoms. The van der Waals surface area contributed by atoms with Gasteiger partial charge in [0.2, 0.25) is 0 Å². The third-order valence-corrected chi connectivity index (χ3v) is 1.28. The first kappa shape index (κ1) is 9.59. The summed E-state index contributed by atoms with van der Waals surface area (Å²) < 4.78 is 0. The second kappa shape index (κ2) is 4.41. The zero-order valence-corrected chi connectivity index (χ0v) is 6.63. The van der Waals surface area contributed by atoms with Crippen LogP contribution >= 0.6 is 0 Å². The van der Waals surface area contributed by atoms with Crippen molar-refractivity contribution < 1.29 is 4.79 Å². The lowest BCUT2D eigenvalue weighted by atomic mass is 10.0. The summed E-state index contributed by atoms with van der Waals surface area (Å²) in [5, 5.41) is 0. The van der Waals surface area contributed by atoms with E-state index in [1.807, 2.05) is 13.8 Å². The summed E-state index contributed by atoms with van der Waals surface area (Å²) in [5.74, 6) is 0.447. The SMILES string of the molecule is CC(C)CC(=O)[C@H](N)CN. The van der Waals surface area contributed by atoms with Gasteiger partial charge in [0.25, 0.3) is 0 Å². The fourth-order valence-corrected chi connectivity index (χ4v) is 0.685. The van der Waals surface area contributed by atoms with Gasteiger partial charge in [0.05, 0.1) is 6.04 Å². The number of hydrogen-bond donors (Lipinski definition) is 2. The molecule has 1 atom stereocenters. The van der Waals surface area contributed by atoms with Crippen LogP contribution < -0.4 is 11.5 Å². The van der Waals surface area contributed by atoms with Gasteiger partial charge in [-0.2, -0.15) is 0 Å². The molecule has 0 unspecified atom stereocenters. The van der Waals surface area contributed by atoms with Gasteiger partial charge in [-0.3, -0.25) is 4.79 Å². The van der Waals surface area contributed by atoms with Crippen molar-refractivity contribution in [3.05, 3.63) is 0 Å². The Morgan fingerprint density at radius 1 is 1.50 bits per heavy atom. The number of carbonyl (C=O) groups is 1. The smallest absolute Gasteiger partial charge is 0.151 e. The van der Waals surface area contributed by atoms with Gasteiger partial charge in [-0.15, -0.1) is 0 Å². The third-order valence-electron chi connectivity index (χ3n) is 1.28. The van der Waals surface area contributed by atoms with Crippen LogP contribution in [0.4, 0.5) is 0 Å². The van der Waals surface area contributed by atoms with Crippen molar-refractivity contribution in [1.82, 2.24) is 0 Å². The number of Topliss-reactive ketones (excluding diaryl/α,β-unsaturated/α-hetero) is 1. The molecule has 3 heteroatoms. The average molecular weight is 144 g/mol. The quantitative estimate of drug-likeness (QED) is 0.578. The van der Waals surface area contributed by atoms with Crippen molar-refractivity contribution in [2.24, 2.45) is 17.4 Å². The first-order valence-corrected chi connectivity index (χ1v) is 3.56. The predicted molar refractivity (Wildman–Crippen MR) is 41.5 cm³/mol. The van der Waals surface area contributed by atoms with E-state index in [-0.39, 0.29) is 12.3 Å². The van der Waals surface area contributed by atoms with E-state index in [4.69, 9.17) is 11.5 Å². The lowest BCUT2D eigenvalue weighted by Crippen LogP contribution is -2.38. The fraction of sp³-hybridized carbons (Fsp3) is 0.857. The molecule has 4 N–H and O–H groups in total. The molecule has 0 saturated carbocycles. The lowest BCUT2D eigenvalue weighted by Gasteiger charge is -2.08. The molecule has 0 spiro atoms. The van der Waals surface area contributed by atoms with Crippen LogP contribution in [-0.2, 0) is 4.79 Å². The van der Waals surface area contributed by atoms with E-state index in [2.05, 4.69) is 0 Å². The molecular weight excluding hydrogens is 128 g/mol. The van der Waals surface area contributed by atoms with Gasteiger partial charge in [-0.1, -0.05) is 13.8 Å². The normalized spacial score (nSPS) is 13.7. The van der Waals surface area contributed by atoms with Gasteiger partial charge < -0.3 is 11.5 Å². The number of carbonyl (C=O) groups excluding carboxylic acids is 1. The van der Waals surface area contributed by atoms with E-state index in [0.717, 1.165) is 0 Å². The molecule has 3 nitrogen and oxygen atoms in total. The number of ketones is 1. The van der Waals surface area contributed by atoms with E-state index < -0.39 is 6.04 Å². The largest absolute Gasteiger partial charge is 0.328 e. The number of nitrogens with two attached hydrogens (primary N) is 2. The second-order valence-electron chi connectivity index (χ2n) is 2.91. The van der Waals surface area contributed by atoms with Crippen LogP contribution in [-0.4, -0.2) is 18.4 Å². The number of hydrogen-bond acceptors (Lipinski definition) is 3. The second-order valence-corrected chi connectivity index (χ2v) is 2.91. The van der Waals surface area contributed by atoms with Gasteiger partial charge in [0.1, 0.15) is 0 Å². The molecule has 0 radical (unpaired) electrons. The molecule has 0 aliphatic rings. The fourth-order valence-electron chi connectivity index (χ4n) is 0.685. The minimum Gasteiger partial charge on any atom is -0.328 e. The van der Waals surface area contributed by atoms with Gasteiger partial charge in [-0.25, -0.2) is 0 Å². The molecule has 0 fully saturated rings. The Balaban J connectivity index is 3.62. The highest BCUT2D eigenvalue weighted by atomic mass is 16.1. The highest BCUT2D eigenvalue weighted by Gasteiger charge is 2.11. The van der Waals surface area contributed by atoms with Crippen molar-refractivity contribution in [3.63, 3.8) is 0 Å². The van der Waals surface area contributed by atoms with Crippen molar-refractivity contribution in [3.8, 4) is 0 Å². The summed E-state index contributed by atoms with van der Waals surface area (Å²) in [7, 11) is 0. The summed E-state index contributed by atoms with van der Waals surface area (Å²) in [6.07, 6.45) is 0.540. The van der Waals surface area contributed by atoms with E-state index in [9.17, 15) is 4.79 Å². The van der Waals surface area contributed by atoms with E-state index in [1.165, 1.54) is 0 Å². The Kier molecular flexibility index (Phi) is 4.23. The summed E-state index contributed by atoms with van der Waals surface area (Å²) in [6, 6.07) is -0.456. The van der Waals surface area contributed by atoms with E-state index in [1.54, 1.807) is 0 Å². The van der Waals surface area contributed by atoms with Crippen LogP contribution in [0.3, 0.4) is 0 Å². The Labute approximate surface area is 61.8 Å². The summed E-state index contributed by atoms with van der Waals surface area (Å²) in [4.78, 5) is 11.0. The third kappa shape index (κ3) is 3.58. The van der Waals surface area contributed by atoms with Gasteiger partial charge in [0, 0.05) is 13.0 Å². The molecule has 0 saturated heterocycles. The maximum atomic E-state index is 11.0. The Morgan fingerprint density at radius 2 is 2.00 bits per heavy atom. The molecular formula is C7H16N2O. The first-order valence-electron chi connectivity index (χ1n) is 3.56. The zero-order valence-electron chi connectivity index (χ0n) is 6.63. The van der Waals surface area contributed by atoms with Crippen LogP contribution in [0.1, 0.15) is 20.3 Å². The minimum atomic E-state index is -0.456. The molecule has 0 aromatic carbocycles. The lowest BCUT2D eigenvalue weighted by molar-refractivity contribution is -0.120. The molecule has 0 aromatic rings. The van der Waals surface area contributed by atoms with E-state index in [0.29, 0.717) is 12.3 Å². The molecule has 0 rings (SSSR count). The summed E-state index contributed by atoms with van der Waals surface area (Å²) >= 11 is 0. The Bertz CT molecular complexity index is 112. The van der Waals surface area contributed by atoms with Crippen LogP contribution in [0.15, 0.2) is 0 Å². The van der Waals surface area contributed by atoms with Crippen LogP contribution in [0.25, 0.3) is 0 Å². The Hall–Kier alpha value is -0.410. The van der Waals surface area contributed by atoms with Crippen molar-refractivity contribution in [1.29, 1.82) is 0 Å². The van der Waals surface area contributed by atoms with Gasteiger partial charge >= 0.3 is 0 Å². The monoisotopic (exact) mass is 144 g/mol. The Morgan fingerprint density at radius 3 is 2.30 bits per heavy atom. The first-order chi connectivity index (χ1) is 4.57. The van der Waals surface area contributed by atoms with E-state index >= 15 is 0 Å². The van der Waals surface area contributed by atoms with Crippen LogP contribution in [0.5, 0.6) is 0 Å². The molecule has 0 aliphatic carbocycles. The predicted octanol–water partition coefficient (Wildman–Crippen LogP) is -0.112. The summed E-state index contributed by atoms with van der Waals surface area (Å²) in [5.41, 5.74) is 10.6. The summed E-state index contributed by atoms with van der Waals surface area (Å²) in [6.45, 7) is 4.23. The van der Waals surface area contributed by atoms with Crippen LogP contribution in [0.2, 0.25) is 0 Å². The van der Waals surface area contributed by atoms with Crippen molar-refractivity contribution >= 4 is 5.78 Å². The molecule has 0 aromatic heterocycles. The zero-order chi connectivity index (χ0) is 8.15. The maximum absolute atomic E-state index is 11.0. The molecule has 0 amide bonds. The van der Waals surface area contributed by atoms with Gasteiger partial charge in [0.15, 0.2) is 5.78 Å². The minimum absolute atomic E-state index is 0.0671. The highest BCUT2D eigenvalue weighted by Crippen LogP contribution is 2.00.